The van der Waals surface area contributed by atoms with Crippen LogP contribution in [0.5, 0.6) is 5.75 Å². The fourth-order valence-electron chi connectivity index (χ4n) is 2.56. The summed E-state index contributed by atoms with van der Waals surface area (Å²) in [5.74, 6) is 0.289. The average molecular weight is 347 g/mol. The minimum absolute atomic E-state index is 0.102. The number of carbonyl (C=O) groups excluding carboxylic acids is 1. The lowest BCUT2D eigenvalue weighted by Crippen LogP contribution is -2.48. The number of piperazine rings is 1. The predicted octanol–water partition coefficient (Wildman–Crippen LogP) is 1.43. The molecule has 8 heteroatoms. The monoisotopic (exact) mass is 346 g/mol. The van der Waals surface area contributed by atoms with Crippen LogP contribution in [0.4, 0.5) is 0 Å². The van der Waals surface area contributed by atoms with Crippen molar-refractivity contribution in [2.45, 2.75) is 18.7 Å². The Bertz CT molecular complexity index is 683. The third-order valence-electron chi connectivity index (χ3n) is 3.83. The summed E-state index contributed by atoms with van der Waals surface area (Å²) in [6.07, 6.45) is 0.735. The SMILES string of the molecule is COc1cc(C)c(Cl)c(C)c1S(=O)(=O)N1CCN(C=O)CC1. The van der Waals surface area contributed by atoms with Crippen molar-refractivity contribution in [2.24, 2.45) is 0 Å². The van der Waals surface area contributed by atoms with Gasteiger partial charge in [-0.1, -0.05) is 11.6 Å². The third-order valence-corrected chi connectivity index (χ3v) is 6.48. The third kappa shape index (κ3) is 2.93. The zero-order chi connectivity index (χ0) is 16.5. The fraction of sp³-hybridized carbons (Fsp3) is 0.500. The van der Waals surface area contributed by atoms with Crippen LogP contribution in [-0.4, -0.2) is 57.3 Å². The quantitative estimate of drug-likeness (QED) is 0.773. The molecular weight excluding hydrogens is 328 g/mol. The second-order valence-electron chi connectivity index (χ2n) is 5.21. The first-order valence-corrected chi connectivity index (χ1v) is 8.68. The molecule has 0 radical (unpaired) electrons. The molecule has 22 heavy (non-hydrogen) atoms. The van der Waals surface area contributed by atoms with Gasteiger partial charge in [0.05, 0.1) is 7.11 Å². The van der Waals surface area contributed by atoms with E-state index in [9.17, 15) is 13.2 Å². The first kappa shape index (κ1) is 17.1. The fourth-order valence-corrected chi connectivity index (χ4v) is 4.55. The standard InChI is InChI=1S/C14H19ClN2O4S/c1-10-8-12(21-3)14(11(2)13(10)15)22(19,20)17-6-4-16(9-18)5-7-17/h8-9H,4-7H2,1-3H3. The van der Waals surface area contributed by atoms with E-state index in [1.807, 2.05) is 0 Å². The number of benzene rings is 1. The molecule has 1 heterocycles. The number of nitrogens with zero attached hydrogens (tertiary/aromatic N) is 2. The van der Waals surface area contributed by atoms with Gasteiger partial charge in [0.25, 0.3) is 0 Å². The minimum atomic E-state index is -3.73. The molecule has 1 aromatic carbocycles. The highest BCUT2D eigenvalue weighted by atomic mass is 35.5. The number of rotatable bonds is 4. The van der Waals surface area contributed by atoms with E-state index in [0.717, 1.165) is 12.0 Å². The molecule has 1 fully saturated rings. The Morgan fingerprint density at radius 2 is 1.82 bits per heavy atom. The Balaban J connectivity index is 2.46. The molecule has 0 spiro atoms. The van der Waals surface area contributed by atoms with Crippen molar-refractivity contribution in [2.75, 3.05) is 33.3 Å². The van der Waals surface area contributed by atoms with E-state index < -0.39 is 10.0 Å². The highest BCUT2D eigenvalue weighted by Crippen LogP contribution is 2.36. The number of hydrogen-bond acceptors (Lipinski definition) is 4. The number of hydrogen-bond donors (Lipinski definition) is 0. The predicted molar refractivity (Wildman–Crippen MR) is 83.9 cm³/mol. The molecule has 0 aliphatic carbocycles. The Labute approximate surface area is 135 Å². The highest BCUT2D eigenvalue weighted by molar-refractivity contribution is 7.89. The summed E-state index contributed by atoms with van der Waals surface area (Å²) in [5, 5.41) is 0.422. The lowest BCUT2D eigenvalue weighted by molar-refractivity contribution is -0.119. The molecule has 1 aromatic rings. The zero-order valence-electron chi connectivity index (χ0n) is 12.8. The number of carbonyl (C=O) groups is 1. The van der Waals surface area contributed by atoms with E-state index in [2.05, 4.69) is 0 Å². The number of aryl methyl sites for hydroxylation is 1. The van der Waals surface area contributed by atoms with Crippen molar-refractivity contribution in [3.63, 3.8) is 0 Å². The van der Waals surface area contributed by atoms with Crippen LogP contribution < -0.4 is 4.74 Å². The highest BCUT2D eigenvalue weighted by Gasteiger charge is 2.33. The van der Waals surface area contributed by atoms with Gasteiger partial charge in [0.2, 0.25) is 16.4 Å². The molecule has 1 amide bonds. The summed E-state index contributed by atoms with van der Waals surface area (Å²) in [4.78, 5) is 12.4. The van der Waals surface area contributed by atoms with Gasteiger partial charge in [-0.25, -0.2) is 8.42 Å². The molecule has 0 bridgehead atoms. The first-order chi connectivity index (χ1) is 10.3. The summed E-state index contributed by atoms with van der Waals surface area (Å²) in [6.45, 7) is 4.75. The molecule has 0 N–H and O–H groups in total. The molecule has 0 unspecified atom stereocenters. The maximum Gasteiger partial charge on any atom is 0.247 e. The Hall–Kier alpha value is -1.31. The van der Waals surface area contributed by atoms with Crippen LogP contribution in [0.25, 0.3) is 0 Å². The minimum Gasteiger partial charge on any atom is -0.495 e. The largest absolute Gasteiger partial charge is 0.495 e. The second kappa shape index (κ2) is 6.44. The van der Waals surface area contributed by atoms with Gasteiger partial charge in [0.1, 0.15) is 10.6 Å². The van der Waals surface area contributed by atoms with Crippen molar-refractivity contribution in [3.8, 4) is 5.75 Å². The van der Waals surface area contributed by atoms with E-state index in [0.29, 0.717) is 23.7 Å². The molecule has 122 valence electrons. The van der Waals surface area contributed by atoms with Crippen LogP contribution in [0.1, 0.15) is 11.1 Å². The molecule has 1 aliphatic rings. The Morgan fingerprint density at radius 1 is 1.23 bits per heavy atom. The van der Waals surface area contributed by atoms with Gasteiger partial charge in [-0.05, 0) is 31.0 Å². The summed E-state index contributed by atoms with van der Waals surface area (Å²) in [6, 6.07) is 1.63. The van der Waals surface area contributed by atoms with Crippen molar-refractivity contribution in [1.82, 2.24) is 9.21 Å². The van der Waals surface area contributed by atoms with Crippen LogP contribution in [0.15, 0.2) is 11.0 Å². The van der Waals surface area contributed by atoms with E-state index in [-0.39, 0.29) is 23.7 Å². The van der Waals surface area contributed by atoms with Crippen LogP contribution in [0.3, 0.4) is 0 Å². The molecule has 2 rings (SSSR count). The first-order valence-electron chi connectivity index (χ1n) is 6.86. The van der Waals surface area contributed by atoms with Crippen molar-refractivity contribution in [3.05, 3.63) is 22.2 Å². The van der Waals surface area contributed by atoms with Crippen molar-refractivity contribution >= 4 is 28.0 Å². The van der Waals surface area contributed by atoms with Gasteiger partial charge in [-0.15, -0.1) is 0 Å². The van der Waals surface area contributed by atoms with E-state index in [1.165, 1.54) is 11.4 Å². The van der Waals surface area contributed by atoms with E-state index in [1.54, 1.807) is 24.8 Å². The lowest BCUT2D eigenvalue weighted by atomic mass is 10.1. The van der Waals surface area contributed by atoms with Gasteiger partial charge in [0.15, 0.2) is 0 Å². The number of ether oxygens (including phenoxy) is 1. The van der Waals surface area contributed by atoms with Gasteiger partial charge in [-0.3, -0.25) is 4.79 Å². The topological polar surface area (TPSA) is 66.9 Å². The number of methoxy groups -OCH3 is 1. The Morgan fingerprint density at radius 3 is 2.32 bits per heavy atom. The van der Waals surface area contributed by atoms with Crippen LogP contribution >= 0.6 is 11.6 Å². The van der Waals surface area contributed by atoms with Crippen LogP contribution in [0.2, 0.25) is 5.02 Å². The van der Waals surface area contributed by atoms with Crippen molar-refractivity contribution in [1.29, 1.82) is 0 Å². The number of sulfonamides is 1. The summed E-state index contributed by atoms with van der Waals surface area (Å²) >= 11 is 6.21. The lowest BCUT2D eigenvalue weighted by Gasteiger charge is -2.32. The molecule has 0 atom stereocenters. The maximum atomic E-state index is 12.9. The Kier molecular flexibility index (Phi) is 4.99. The van der Waals surface area contributed by atoms with Gasteiger partial charge in [0, 0.05) is 31.2 Å². The van der Waals surface area contributed by atoms with Gasteiger partial charge >= 0.3 is 0 Å². The smallest absolute Gasteiger partial charge is 0.247 e. The maximum absolute atomic E-state index is 12.9. The normalized spacial score (nSPS) is 16.6. The van der Waals surface area contributed by atoms with Gasteiger partial charge in [-0.2, -0.15) is 4.31 Å². The second-order valence-corrected chi connectivity index (χ2v) is 7.46. The molecule has 1 saturated heterocycles. The molecule has 0 aromatic heterocycles. The molecular formula is C14H19ClN2O4S. The van der Waals surface area contributed by atoms with Crippen LogP contribution in [-0.2, 0) is 14.8 Å². The van der Waals surface area contributed by atoms with Gasteiger partial charge < -0.3 is 9.64 Å². The number of halogens is 1. The summed E-state index contributed by atoms with van der Waals surface area (Å²) in [5.41, 5.74) is 1.25. The number of amides is 1. The average Bonchev–Trinajstić information content (AvgIpc) is 2.51. The van der Waals surface area contributed by atoms with E-state index >= 15 is 0 Å². The van der Waals surface area contributed by atoms with Crippen LogP contribution in [0, 0.1) is 13.8 Å². The summed E-state index contributed by atoms with van der Waals surface area (Å²) < 4.78 is 32.5. The molecule has 0 saturated carbocycles. The summed E-state index contributed by atoms with van der Waals surface area (Å²) in [7, 11) is -2.29. The van der Waals surface area contributed by atoms with Crippen molar-refractivity contribution < 1.29 is 17.9 Å². The van der Waals surface area contributed by atoms with E-state index in [4.69, 9.17) is 16.3 Å². The zero-order valence-corrected chi connectivity index (χ0v) is 14.4. The molecule has 1 aliphatic heterocycles. The molecule has 6 nitrogen and oxygen atoms in total.